The molecule has 1 aromatic rings. The van der Waals surface area contributed by atoms with E-state index in [0.29, 0.717) is 5.75 Å². The summed E-state index contributed by atoms with van der Waals surface area (Å²) < 4.78 is 15.8. The first kappa shape index (κ1) is 18.6. The monoisotopic (exact) mass is 325 g/mol. The molecule has 0 aliphatic carbocycles. The molecule has 128 valence electrons. The van der Waals surface area contributed by atoms with Crippen molar-refractivity contribution in [1.29, 1.82) is 0 Å². The highest BCUT2D eigenvalue weighted by Gasteiger charge is 2.19. The molecule has 0 saturated carbocycles. The number of likely N-dealkylation sites (N-methyl/N-ethyl adjacent to an activating group) is 1. The Hall–Kier alpha value is -2.44. The molecule has 0 unspecified atom stereocenters. The van der Waals surface area contributed by atoms with Crippen LogP contribution in [-0.4, -0.2) is 55.0 Å². The summed E-state index contributed by atoms with van der Waals surface area (Å²) in [7, 11) is 3.07. The minimum absolute atomic E-state index is 0.0331. The highest BCUT2D eigenvalue weighted by Crippen LogP contribution is 2.24. The number of carbonyl (C=O) groups excluding carboxylic acids is 1. The van der Waals surface area contributed by atoms with Crippen molar-refractivity contribution in [2.75, 3.05) is 27.3 Å². The number of aromatic carboxylic acids is 1. The van der Waals surface area contributed by atoms with Gasteiger partial charge < -0.3 is 24.2 Å². The Morgan fingerprint density at radius 1 is 1.26 bits per heavy atom. The second-order valence-corrected chi connectivity index (χ2v) is 5.92. The fourth-order valence-corrected chi connectivity index (χ4v) is 1.65. The van der Waals surface area contributed by atoms with Gasteiger partial charge in [-0.2, -0.15) is 0 Å². The first-order chi connectivity index (χ1) is 10.6. The number of hydrogen-bond donors (Lipinski definition) is 1. The highest BCUT2D eigenvalue weighted by molar-refractivity contribution is 5.91. The number of carbonyl (C=O) groups is 2. The van der Waals surface area contributed by atoms with Crippen LogP contribution in [0.25, 0.3) is 0 Å². The maximum atomic E-state index is 11.8. The predicted octanol–water partition coefficient (Wildman–Crippen LogP) is 2.64. The average Bonchev–Trinajstić information content (AvgIpc) is 2.44. The smallest absolute Gasteiger partial charge is 0.410 e. The van der Waals surface area contributed by atoms with Crippen molar-refractivity contribution >= 4 is 12.1 Å². The third-order valence-electron chi connectivity index (χ3n) is 2.81. The number of nitrogens with zero attached hydrogens (tertiary/aromatic N) is 1. The number of benzene rings is 1. The van der Waals surface area contributed by atoms with Crippen LogP contribution >= 0.6 is 0 Å². The van der Waals surface area contributed by atoms with Crippen LogP contribution in [0, 0.1) is 0 Å². The summed E-state index contributed by atoms with van der Waals surface area (Å²) in [5, 5.41) is 9.15. The fourth-order valence-electron chi connectivity index (χ4n) is 1.65. The zero-order chi connectivity index (χ0) is 17.6. The lowest BCUT2D eigenvalue weighted by Gasteiger charge is -2.24. The number of rotatable bonds is 6. The molecule has 0 spiro atoms. The molecule has 1 N–H and O–H groups in total. The SMILES string of the molecule is COc1ccc(C(=O)O)c(OCCN(C)C(=O)OC(C)(C)C)c1. The molecular weight excluding hydrogens is 302 g/mol. The van der Waals surface area contributed by atoms with Crippen molar-refractivity contribution in [2.24, 2.45) is 0 Å². The molecule has 0 saturated heterocycles. The van der Waals surface area contributed by atoms with Crippen molar-refractivity contribution in [2.45, 2.75) is 26.4 Å². The first-order valence-electron chi connectivity index (χ1n) is 7.12. The van der Waals surface area contributed by atoms with Gasteiger partial charge >= 0.3 is 12.1 Å². The number of hydrogen-bond acceptors (Lipinski definition) is 5. The van der Waals surface area contributed by atoms with Crippen LogP contribution in [0.1, 0.15) is 31.1 Å². The van der Waals surface area contributed by atoms with Gasteiger partial charge in [0.2, 0.25) is 0 Å². The van der Waals surface area contributed by atoms with Crippen molar-refractivity contribution < 1.29 is 28.9 Å². The van der Waals surface area contributed by atoms with E-state index in [4.69, 9.17) is 19.3 Å². The second kappa shape index (κ2) is 7.71. The summed E-state index contributed by atoms with van der Waals surface area (Å²) >= 11 is 0. The summed E-state index contributed by atoms with van der Waals surface area (Å²) in [6.07, 6.45) is -0.467. The number of ether oxygens (including phenoxy) is 3. The van der Waals surface area contributed by atoms with Gasteiger partial charge in [-0.1, -0.05) is 0 Å². The molecule has 0 aliphatic heterocycles. The molecule has 7 heteroatoms. The van der Waals surface area contributed by atoms with Crippen LogP contribution < -0.4 is 9.47 Å². The molecule has 0 radical (unpaired) electrons. The van der Waals surface area contributed by atoms with E-state index in [1.165, 1.54) is 24.1 Å². The third kappa shape index (κ3) is 6.06. The van der Waals surface area contributed by atoms with Crippen molar-refractivity contribution in [3.63, 3.8) is 0 Å². The summed E-state index contributed by atoms with van der Waals surface area (Å²) in [5.74, 6) is -0.414. The molecule has 0 bridgehead atoms. The van der Waals surface area contributed by atoms with Gasteiger partial charge in [-0.3, -0.25) is 0 Å². The third-order valence-corrected chi connectivity index (χ3v) is 2.81. The van der Waals surface area contributed by atoms with E-state index >= 15 is 0 Å². The Kier molecular flexibility index (Phi) is 6.24. The molecule has 23 heavy (non-hydrogen) atoms. The van der Waals surface area contributed by atoms with Gasteiger partial charge in [-0.25, -0.2) is 9.59 Å². The standard InChI is InChI=1S/C16H23NO6/c1-16(2,3)23-15(20)17(4)8-9-22-13-10-11(21-5)6-7-12(13)14(18)19/h6-7,10H,8-9H2,1-5H3,(H,18,19). The van der Waals surface area contributed by atoms with Gasteiger partial charge in [-0.05, 0) is 32.9 Å². The van der Waals surface area contributed by atoms with E-state index in [-0.39, 0.29) is 24.5 Å². The first-order valence-corrected chi connectivity index (χ1v) is 7.12. The Labute approximate surface area is 135 Å². The maximum Gasteiger partial charge on any atom is 0.410 e. The molecule has 0 atom stereocenters. The van der Waals surface area contributed by atoms with Gasteiger partial charge in [-0.15, -0.1) is 0 Å². The molecule has 0 fully saturated rings. The van der Waals surface area contributed by atoms with Crippen molar-refractivity contribution in [3.05, 3.63) is 23.8 Å². The van der Waals surface area contributed by atoms with E-state index in [1.54, 1.807) is 33.9 Å². The quantitative estimate of drug-likeness (QED) is 0.865. The zero-order valence-corrected chi connectivity index (χ0v) is 14.1. The van der Waals surface area contributed by atoms with Crippen LogP contribution in [-0.2, 0) is 4.74 Å². The molecule has 1 rings (SSSR count). The topological polar surface area (TPSA) is 85.3 Å². The van der Waals surface area contributed by atoms with E-state index in [9.17, 15) is 9.59 Å². The van der Waals surface area contributed by atoms with Crippen molar-refractivity contribution in [1.82, 2.24) is 4.90 Å². The number of amides is 1. The summed E-state index contributed by atoms with van der Waals surface area (Å²) in [5.41, 5.74) is -0.541. The van der Waals surface area contributed by atoms with Gasteiger partial charge in [0.25, 0.3) is 0 Å². The lowest BCUT2D eigenvalue weighted by atomic mass is 10.2. The van der Waals surface area contributed by atoms with Crippen LogP contribution in [0.4, 0.5) is 4.79 Å². The van der Waals surface area contributed by atoms with Crippen LogP contribution in [0.15, 0.2) is 18.2 Å². The number of carboxylic acids is 1. The molecule has 1 aromatic carbocycles. The lowest BCUT2D eigenvalue weighted by molar-refractivity contribution is 0.0277. The predicted molar refractivity (Wildman–Crippen MR) is 84.3 cm³/mol. The molecule has 0 aliphatic rings. The van der Waals surface area contributed by atoms with E-state index in [2.05, 4.69) is 0 Å². The minimum atomic E-state index is -1.09. The molecule has 7 nitrogen and oxygen atoms in total. The van der Waals surface area contributed by atoms with Gasteiger partial charge in [0.15, 0.2) is 0 Å². The van der Waals surface area contributed by atoms with E-state index in [0.717, 1.165) is 0 Å². The highest BCUT2D eigenvalue weighted by atomic mass is 16.6. The van der Waals surface area contributed by atoms with E-state index in [1.807, 2.05) is 0 Å². The average molecular weight is 325 g/mol. The number of carboxylic acid groups (broad SMARTS) is 1. The number of methoxy groups -OCH3 is 1. The summed E-state index contributed by atoms with van der Waals surface area (Å²) in [6.45, 7) is 5.73. The normalized spacial score (nSPS) is 10.8. The fraction of sp³-hybridized carbons (Fsp3) is 0.500. The molecular formula is C16H23NO6. The van der Waals surface area contributed by atoms with Crippen LogP contribution in [0.3, 0.4) is 0 Å². The van der Waals surface area contributed by atoms with E-state index < -0.39 is 17.7 Å². The second-order valence-electron chi connectivity index (χ2n) is 5.92. The van der Waals surface area contributed by atoms with Gasteiger partial charge in [0, 0.05) is 13.1 Å². The Morgan fingerprint density at radius 2 is 1.91 bits per heavy atom. The molecule has 1 amide bonds. The Balaban J connectivity index is 2.64. The van der Waals surface area contributed by atoms with Crippen LogP contribution in [0.2, 0.25) is 0 Å². The zero-order valence-electron chi connectivity index (χ0n) is 14.1. The molecule has 0 aromatic heterocycles. The lowest BCUT2D eigenvalue weighted by Crippen LogP contribution is -2.36. The van der Waals surface area contributed by atoms with Gasteiger partial charge in [0.05, 0.1) is 13.7 Å². The Bertz CT molecular complexity index is 564. The maximum absolute atomic E-state index is 11.8. The van der Waals surface area contributed by atoms with Crippen molar-refractivity contribution in [3.8, 4) is 11.5 Å². The Morgan fingerprint density at radius 3 is 2.43 bits per heavy atom. The molecule has 0 heterocycles. The minimum Gasteiger partial charge on any atom is -0.497 e. The summed E-state index contributed by atoms with van der Waals surface area (Å²) in [4.78, 5) is 24.4. The van der Waals surface area contributed by atoms with Gasteiger partial charge in [0.1, 0.15) is 29.3 Å². The summed E-state index contributed by atoms with van der Waals surface area (Å²) in [6, 6.07) is 4.45. The van der Waals surface area contributed by atoms with Crippen LogP contribution in [0.5, 0.6) is 11.5 Å². The largest absolute Gasteiger partial charge is 0.497 e.